The molecule has 8 heteroatoms. The Morgan fingerprint density at radius 2 is 1.96 bits per heavy atom. The first-order valence-corrected chi connectivity index (χ1v) is 8.55. The second kappa shape index (κ2) is 9.34. The van der Waals surface area contributed by atoms with Crippen LogP contribution in [0.25, 0.3) is 0 Å². The lowest BCUT2D eigenvalue weighted by molar-refractivity contribution is -0.117. The van der Waals surface area contributed by atoms with Gasteiger partial charge in [-0.2, -0.15) is 0 Å². The molecule has 2 rings (SSSR count). The Labute approximate surface area is 162 Å². The molecule has 0 aliphatic rings. The maximum Gasteiger partial charge on any atom is 0.238 e. The standard InChI is InChI=1S/C19H21ClFN3O3/c1-12(25)22-13-7-8-18(27-3)17(9-13)23-19(26)11-24(2)10-14-15(20)5-4-6-16(14)21/h4-9H,10-11H2,1-3H3,(H,22,25)(H,23,26). The summed E-state index contributed by atoms with van der Waals surface area (Å²) in [6, 6.07) is 9.37. The number of methoxy groups -OCH3 is 1. The number of nitrogens with one attached hydrogen (secondary N) is 2. The quantitative estimate of drug-likeness (QED) is 0.755. The van der Waals surface area contributed by atoms with Gasteiger partial charge in [0.2, 0.25) is 11.8 Å². The first-order valence-electron chi connectivity index (χ1n) is 8.17. The van der Waals surface area contributed by atoms with Crippen molar-refractivity contribution >= 4 is 34.8 Å². The van der Waals surface area contributed by atoms with E-state index in [1.807, 2.05) is 0 Å². The molecule has 6 nitrogen and oxygen atoms in total. The summed E-state index contributed by atoms with van der Waals surface area (Å²) in [5.74, 6) is -0.501. The summed E-state index contributed by atoms with van der Waals surface area (Å²) in [5, 5.41) is 5.69. The number of anilines is 2. The first-order chi connectivity index (χ1) is 12.8. The number of carbonyl (C=O) groups excluding carboxylic acids is 2. The molecule has 0 radical (unpaired) electrons. The zero-order valence-electron chi connectivity index (χ0n) is 15.3. The summed E-state index contributed by atoms with van der Waals surface area (Å²) in [7, 11) is 3.17. The molecule has 2 aromatic rings. The maximum atomic E-state index is 13.9. The highest BCUT2D eigenvalue weighted by Crippen LogP contribution is 2.28. The Balaban J connectivity index is 2.05. The van der Waals surface area contributed by atoms with Gasteiger partial charge in [-0.25, -0.2) is 4.39 Å². The predicted molar refractivity (Wildman–Crippen MR) is 104 cm³/mol. The number of hydrogen-bond acceptors (Lipinski definition) is 4. The second-order valence-electron chi connectivity index (χ2n) is 6.02. The van der Waals surface area contributed by atoms with Crippen molar-refractivity contribution < 1.29 is 18.7 Å². The lowest BCUT2D eigenvalue weighted by Crippen LogP contribution is -2.30. The Bertz CT molecular complexity index is 825. The minimum absolute atomic E-state index is 0.0121. The molecule has 2 N–H and O–H groups in total. The van der Waals surface area contributed by atoms with Gasteiger partial charge in [-0.1, -0.05) is 17.7 Å². The van der Waals surface area contributed by atoms with Gasteiger partial charge < -0.3 is 15.4 Å². The Morgan fingerprint density at radius 3 is 2.59 bits per heavy atom. The van der Waals surface area contributed by atoms with Crippen molar-refractivity contribution in [3.05, 3.63) is 52.8 Å². The third-order valence-electron chi connectivity index (χ3n) is 3.70. The van der Waals surface area contributed by atoms with Crippen molar-refractivity contribution in [3.8, 4) is 5.75 Å². The Hall–Kier alpha value is -2.64. The van der Waals surface area contributed by atoms with E-state index in [-0.39, 0.29) is 24.9 Å². The van der Waals surface area contributed by atoms with Crippen molar-refractivity contribution in [2.24, 2.45) is 0 Å². The molecule has 0 saturated carbocycles. The maximum absolute atomic E-state index is 13.9. The van der Waals surface area contributed by atoms with E-state index in [0.717, 1.165) is 0 Å². The van der Waals surface area contributed by atoms with Gasteiger partial charge in [-0.15, -0.1) is 0 Å². The van der Waals surface area contributed by atoms with Gasteiger partial charge in [-0.3, -0.25) is 14.5 Å². The number of ether oxygens (including phenoxy) is 1. The van der Waals surface area contributed by atoms with Crippen LogP contribution in [0.15, 0.2) is 36.4 Å². The highest BCUT2D eigenvalue weighted by molar-refractivity contribution is 6.31. The molecule has 0 aliphatic heterocycles. The highest BCUT2D eigenvalue weighted by atomic mass is 35.5. The summed E-state index contributed by atoms with van der Waals surface area (Å²) in [6.45, 7) is 1.59. The number of benzene rings is 2. The van der Waals surface area contributed by atoms with Gasteiger partial charge >= 0.3 is 0 Å². The summed E-state index contributed by atoms with van der Waals surface area (Å²) < 4.78 is 19.1. The number of hydrogen-bond donors (Lipinski definition) is 2. The zero-order chi connectivity index (χ0) is 20.0. The van der Waals surface area contributed by atoms with Crippen LogP contribution in [0, 0.1) is 5.82 Å². The molecule has 0 atom stereocenters. The molecular weight excluding hydrogens is 373 g/mol. The van der Waals surface area contributed by atoms with E-state index in [4.69, 9.17) is 16.3 Å². The van der Waals surface area contributed by atoms with E-state index < -0.39 is 5.82 Å². The molecule has 0 unspecified atom stereocenters. The fourth-order valence-corrected chi connectivity index (χ4v) is 2.75. The van der Waals surface area contributed by atoms with Crippen LogP contribution in [0.5, 0.6) is 5.75 Å². The number of rotatable bonds is 7. The van der Waals surface area contributed by atoms with Gasteiger partial charge in [0, 0.05) is 29.7 Å². The van der Waals surface area contributed by atoms with E-state index in [2.05, 4.69) is 10.6 Å². The van der Waals surface area contributed by atoms with E-state index in [1.54, 1.807) is 36.2 Å². The van der Waals surface area contributed by atoms with Crippen molar-refractivity contribution in [2.45, 2.75) is 13.5 Å². The second-order valence-corrected chi connectivity index (χ2v) is 6.42. The summed E-state index contributed by atoms with van der Waals surface area (Å²) >= 11 is 6.02. The average Bonchev–Trinajstić information content (AvgIpc) is 2.58. The fourth-order valence-electron chi connectivity index (χ4n) is 2.53. The molecule has 0 fully saturated rings. The van der Waals surface area contributed by atoms with Crippen LogP contribution < -0.4 is 15.4 Å². The Kier molecular flexibility index (Phi) is 7.15. The predicted octanol–water partition coefficient (Wildman–Crippen LogP) is 3.52. The van der Waals surface area contributed by atoms with Gasteiger partial charge in [0.1, 0.15) is 11.6 Å². The minimum Gasteiger partial charge on any atom is -0.495 e. The smallest absolute Gasteiger partial charge is 0.238 e. The van der Waals surface area contributed by atoms with Crippen LogP contribution in [0.3, 0.4) is 0 Å². The molecule has 0 aliphatic carbocycles. The number of likely N-dealkylation sites (N-methyl/N-ethyl adjacent to an activating group) is 1. The van der Waals surface area contributed by atoms with Crippen LogP contribution in [0.1, 0.15) is 12.5 Å². The highest BCUT2D eigenvalue weighted by Gasteiger charge is 2.14. The Morgan fingerprint density at radius 1 is 1.22 bits per heavy atom. The van der Waals surface area contributed by atoms with Crippen LogP contribution in [0.4, 0.5) is 15.8 Å². The number of amides is 2. The summed E-state index contributed by atoms with van der Waals surface area (Å²) in [4.78, 5) is 25.2. The van der Waals surface area contributed by atoms with E-state index in [0.29, 0.717) is 27.7 Å². The molecule has 27 heavy (non-hydrogen) atoms. The van der Waals surface area contributed by atoms with Crippen LogP contribution in [-0.2, 0) is 16.1 Å². The van der Waals surface area contributed by atoms with E-state index >= 15 is 0 Å². The van der Waals surface area contributed by atoms with Crippen LogP contribution in [0.2, 0.25) is 5.02 Å². The summed E-state index contributed by atoms with van der Waals surface area (Å²) in [5.41, 5.74) is 1.29. The molecule has 2 aromatic carbocycles. The van der Waals surface area contributed by atoms with Gasteiger partial charge in [0.25, 0.3) is 0 Å². The minimum atomic E-state index is -0.417. The van der Waals surface area contributed by atoms with Crippen molar-refractivity contribution in [1.82, 2.24) is 4.90 Å². The SMILES string of the molecule is COc1ccc(NC(C)=O)cc1NC(=O)CN(C)Cc1c(F)cccc1Cl. The van der Waals surface area contributed by atoms with Crippen LogP contribution in [-0.4, -0.2) is 37.4 Å². The van der Waals surface area contributed by atoms with Gasteiger partial charge in [-0.05, 0) is 37.4 Å². The van der Waals surface area contributed by atoms with E-state index in [1.165, 1.54) is 26.2 Å². The number of nitrogens with zero attached hydrogens (tertiary/aromatic N) is 1. The monoisotopic (exact) mass is 393 g/mol. The normalized spacial score (nSPS) is 10.6. The largest absolute Gasteiger partial charge is 0.495 e. The lowest BCUT2D eigenvalue weighted by Gasteiger charge is -2.18. The molecule has 0 spiro atoms. The fraction of sp³-hybridized carbons (Fsp3) is 0.263. The molecule has 144 valence electrons. The van der Waals surface area contributed by atoms with Crippen molar-refractivity contribution in [3.63, 3.8) is 0 Å². The average molecular weight is 394 g/mol. The number of carbonyl (C=O) groups is 2. The topological polar surface area (TPSA) is 70.7 Å². The molecule has 0 saturated heterocycles. The lowest BCUT2D eigenvalue weighted by atomic mass is 10.2. The third kappa shape index (κ3) is 5.94. The van der Waals surface area contributed by atoms with E-state index in [9.17, 15) is 14.0 Å². The van der Waals surface area contributed by atoms with Gasteiger partial charge in [0.15, 0.2) is 0 Å². The number of halogens is 2. The van der Waals surface area contributed by atoms with Crippen LogP contribution >= 0.6 is 11.6 Å². The third-order valence-corrected chi connectivity index (χ3v) is 4.05. The molecular formula is C19H21ClFN3O3. The van der Waals surface area contributed by atoms with Crippen molar-refractivity contribution in [1.29, 1.82) is 0 Å². The zero-order valence-corrected chi connectivity index (χ0v) is 16.1. The molecule has 0 bridgehead atoms. The van der Waals surface area contributed by atoms with Crippen molar-refractivity contribution in [2.75, 3.05) is 31.3 Å². The molecule has 2 amide bonds. The molecule has 0 heterocycles. The van der Waals surface area contributed by atoms with Gasteiger partial charge in [0.05, 0.1) is 19.3 Å². The summed E-state index contributed by atoms with van der Waals surface area (Å²) in [6.07, 6.45) is 0. The first kappa shape index (κ1) is 20.7. The molecule has 0 aromatic heterocycles.